The Hall–Kier alpha value is -2.88. The van der Waals surface area contributed by atoms with Gasteiger partial charge in [0.2, 0.25) is 5.91 Å². The molecular weight excluding hydrogens is 310 g/mol. The van der Waals surface area contributed by atoms with Crippen LogP contribution in [0.2, 0.25) is 0 Å². The number of imide groups is 1. The second-order valence-electron chi connectivity index (χ2n) is 6.05. The van der Waals surface area contributed by atoms with E-state index in [0.29, 0.717) is 18.4 Å². The molecule has 0 bridgehead atoms. The molecule has 1 spiro atoms. The van der Waals surface area contributed by atoms with Crippen molar-refractivity contribution in [1.29, 1.82) is 5.26 Å². The first kappa shape index (κ1) is 16.0. The van der Waals surface area contributed by atoms with Gasteiger partial charge >= 0.3 is 6.09 Å². The first-order chi connectivity index (χ1) is 11.5. The summed E-state index contributed by atoms with van der Waals surface area (Å²) in [6.07, 6.45) is 2.01. The summed E-state index contributed by atoms with van der Waals surface area (Å²) < 4.78 is 5.25. The standard InChI is InChI=1S/C17H17N3O4/c18-9-12-3-5-13(6-4-12)10-19-14(21)11-20-15(22)17(24-16(20)23)7-1-2-8-17/h3-6H,1-2,7-8,10-11H2,(H,19,21). The van der Waals surface area contributed by atoms with Crippen LogP contribution in [0.3, 0.4) is 0 Å². The van der Waals surface area contributed by atoms with E-state index in [9.17, 15) is 14.4 Å². The van der Waals surface area contributed by atoms with Crippen LogP contribution in [-0.2, 0) is 20.9 Å². The molecule has 2 fully saturated rings. The van der Waals surface area contributed by atoms with Crippen LogP contribution < -0.4 is 5.32 Å². The minimum Gasteiger partial charge on any atom is -0.432 e. The van der Waals surface area contributed by atoms with E-state index in [-0.39, 0.29) is 13.1 Å². The third-order valence-corrected chi connectivity index (χ3v) is 4.42. The van der Waals surface area contributed by atoms with Gasteiger partial charge in [-0.1, -0.05) is 12.1 Å². The molecule has 0 atom stereocenters. The fourth-order valence-electron chi connectivity index (χ4n) is 3.09. The topological polar surface area (TPSA) is 99.5 Å². The molecular formula is C17H17N3O4. The summed E-state index contributed by atoms with van der Waals surface area (Å²) in [5.74, 6) is -0.835. The van der Waals surface area contributed by atoms with Gasteiger partial charge in [-0.25, -0.2) is 9.69 Å². The minimum absolute atomic E-state index is 0.257. The maximum absolute atomic E-state index is 12.4. The highest BCUT2D eigenvalue weighted by Gasteiger charge is 2.55. The van der Waals surface area contributed by atoms with E-state index in [4.69, 9.17) is 10.00 Å². The van der Waals surface area contributed by atoms with E-state index in [1.54, 1.807) is 24.3 Å². The zero-order chi connectivity index (χ0) is 17.2. The average Bonchev–Trinajstić information content (AvgIpc) is 3.14. The van der Waals surface area contributed by atoms with E-state index < -0.39 is 23.5 Å². The maximum Gasteiger partial charge on any atom is 0.418 e. The molecule has 1 aromatic carbocycles. The molecule has 1 saturated carbocycles. The summed E-state index contributed by atoms with van der Waals surface area (Å²) in [5, 5.41) is 11.4. The predicted octanol–water partition coefficient (Wildman–Crippen LogP) is 1.47. The molecule has 7 nitrogen and oxygen atoms in total. The Balaban J connectivity index is 1.55. The van der Waals surface area contributed by atoms with Crippen molar-refractivity contribution in [2.24, 2.45) is 0 Å². The second-order valence-corrected chi connectivity index (χ2v) is 6.05. The average molecular weight is 327 g/mol. The van der Waals surface area contributed by atoms with E-state index in [2.05, 4.69) is 5.32 Å². The maximum atomic E-state index is 12.4. The Bertz CT molecular complexity index is 714. The lowest BCUT2D eigenvalue weighted by molar-refractivity contribution is -0.138. The highest BCUT2D eigenvalue weighted by molar-refractivity contribution is 6.05. The van der Waals surface area contributed by atoms with Crippen molar-refractivity contribution in [3.63, 3.8) is 0 Å². The fraction of sp³-hybridized carbons (Fsp3) is 0.412. The molecule has 3 amide bonds. The van der Waals surface area contributed by atoms with E-state index in [1.165, 1.54) is 0 Å². The van der Waals surface area contributed by atoms with E-state index >= 15 is 0 Å². The van der Waals surface area contributed by atoms with Gasteiger partial charge in [0, 0.05) is 6.54 Å². The number of hydrogen-bond acceptors (Lipinski definition) is 5. The number of nitrogens with zero attached hydrogens (tertiary/aromatic N) is 2. The number of nitriles is 1. The Labute approximate surface area is 139 Å². The van der Waals surface area contributed by atoms with Crippen molar-refractivity contribution in [3.05, 3.63) is 35.4 Å². The monoisotopic (exact) mass is 327 g/mol. The first-order valence-electron chi connectivity index (χ1n) is 7.85. The Morgan fingerprint density at radius 2 is 1.92 bits per heavy atom. The summed E-state index contributed by atoms with van der Waals surface area (Å²) in [4.78, 5) is 37.2. The molecule has 1 saturated heterocycles. The zero-order valence-corrected chi connectivity index (χ0v) is 13.1. The van der Waals surface area contributed by atoms with Crippen LogP contribution in [-0.4, -0.2) is 35.0 Å². The van der Waals surface area contributed by atoms with Crippen LogP contribution in [0.25, 0.3) is 0 Å². The van der Waals surface area contributed by atoms with E-state index in [1.807, 2.05) is 6.07 Å². The molecule has 1 aromatic rings. The number of amides is 3. The number of rotatable bonds is 4. The molecule has 0 unspecified atom stereocenters. The van der Waals surface area contributed by atoms with Crippen molar-refractivity contribution < 1.29 is 19.1 Å². The molecule has 1 N–H and O–H groups in total. The van der Waals surface area contributed by atoms with Crippen molar-refractivity contribution >= 4 is 17.9 Å². The summed E-state index contributed by atoms with van der Waals surface area (Å²) in [7, 11) is 0. The Morgan fingerprint density at radius 3 is 2.54 bits per heavy atom. The third kappa shape index (κ3) is 2.95. The van der Waals surface area contributed by atoms with Gasteiger partial charge in [-0.2, -0.15) is 5.26 Å². The molecule has 1 heterocycles. The summed E-state index contributed by atoms with van der Waals surface area (Å²) >= 11 is 0. The molecule has 0 radical (unpaired) electrons. The first-order valence-corrected chi connectivity index (χ1v) is 7.85. The predicted molar refractivity (Wildman–Crippen MR) is 82.4 cm³/mol. The lowest BCUT2D eigenvalue weighted by atomic mass is 10.0. The van der Waals surface area contributed by atoms with Crippen molar-refractivity contribution in [2.45, 2.75) is 37.8 Å². The Morgan fingerprint density at radius 1 is 1.25 bits per heavy atom. The van der Waals surface area contributed by atoms with Gasteiger partial charge in [0.25, 0.3) is 5.91 Å². The molecule has 124 valence electrons. The minimum atomic E-state index is -1.04. The van der Waals surface area contributed by atoms with Crippen LogP contribution in [0, 0.1) is 11.3 Å². The van der Waals surface area contributed by atoms with Crippen LogP contribution in [0.5, 0.6) is 0 Å². The highest BCUT2D eigenvalue weighted by Crippen LogP contribution is 2.39. The molecule has 7 heteroatoms. The molecule has 1 aliphatic heterocycles. The number of carbonyl (C=O) groups excluding carboxylic acids is 3. The van der Waals surface area contributed by atoms with Crippen molar-refractivity contribution in [3.8, 4) is 6.07 Å². The molecule has 2 aliphatic rings. The number of benzene rings is 1. The molecule has 24 heavy (non-hydrogen) atoms. The molecule has 1 aliphatic carbocycles. The third-order valence-electron chi connectivity index (χ3n) is 4.42. The molecule has 3 rings (SSSR count). The lowest BCUT2D eigenvalue weighted by Gasteiger charge is -2.17. The summed E-state index contributed by atoms with van der Waals surface area (Å²) in [6, 6.07) is 8.81. The highest BCUT2D eigenvalue weighted by atomic mass is 16.6. The van der Waals surface area contributed by atoms with Gasteiger partial charge in [0.15, 0.2) is 5.60 Å². The lowest BCUT2D eigenvalue weighted by Crippen LogP contribution is -2.43. The number of carbonyl (C=O) groups is 3. The van der Waals surface area contributed by atoms with Gasteiger partial charge in [-0.3, -0.25) is 9.59 Å². The van der Waals surface area contributed by atoms with Crippen LogP contribution >= 0.6 is 0 Å². The number of nitrogens with one attached hydrogen (secondary N) is 1. The Kier molecular flexibility index (Phi) is 4.21. The SMILES string of the molecule is N#Cc1ccc(CNC(=O)CN2C(=O)OC3(CCCC3)C2=O)cc1. The largest absolute Gasteiger partial charge is 0.432 e. The van der Waals surface area contributed by atoms with Gasteiger partial charge in [0.05, 0.1) is 11.6 Å². The summed E-state index contributed by atoms with van der Waals surface area (Å²) in [5.41, 5.74) is 0.326. The van der Waals surface area contributed by atoms with Crippen LogP contribution in [0.1, 0.15) is 36.8 Å². The van der Waals surface area contributed by atoms with Gasteiger partial charge in [0.1, 0.15) is 6.54 Å². The van der Waals surface area contributed by atoms with Crippen LogP contribution in [0.4, 0.5) is 4.79 Å². The van der Waals surface area contributed by atoms with Crippen molar-refractivity contribution in [1.82, 2.24) is 10.2 Å². The molecule has 0 aromatic heterocycles. The van der Waals surface area contributed by atoms with Gasteiger partial charge in [-0.05, 0) is 43.4 Å². The van der Waals surface area contributed by atoms with Gasteiger partial charge < -0.3 is 10.1 Å². The van der Waals surface area contributed by atoms with Gasteiger partial charge in [-0.15, -0.1) is 0 Å². The smallest absolute Gasteiger partial charge is 0.418 e. The second kappa shape index (κ2) is 6.32. The van der Waals surface area contributed by atoms with E-state index in [0.717, 1.165) is 23.3 Å². The zero-order valence-electron chi connectivity index (χ0n) is 13.1. The summed E-state index contributed by atoms with van der Waals surface area (Å²) in [6.45, 7) is -0.0809. The fourth-order valence-corrected chi connectivity index (χ4v) is 3.09. The van der Waals surface area contributed by atoms with Crippen molar-refractivity contribution in [2.75, 3.05) is 6.54 Å². The quantitative estimate of drug-likeness (QED) is 0.902. The number of hydrogen-bond donors (Lipinski definition) is 1. The number of ether oxygens (including phenoxy) is 1. The normalized spacial score (nSPS) is 18.5. The van der Waals surface area contributed by atoms with Crippen LogP contribution in [0.15, 0.2) is 24.3 Å².